The number of rotatable bonds is 12. The van der Waals surface area contributed by atoms with E-state index in [1.54, 1.807) is 0 Å². The van der Waals surface area contributed by atoms with E-state index < -0.39 is 86.3 Å². The van der Waals surface area contributed by atoms with Crippen LogP contribution in [0.3, 0.4) is 0 Å². The molecule has 9 aliphatic rings. The van der Waals surface area contributed by atoms with Crippen molar-refractivity contribution in [3.8, 4) is 0 Å². The van der Waals surface area contributed by atoms with Crippen molar-refractivity contribution in [1.29, 1.82) is 0 Å². The minimum atomic E-state index is -2.41. The van der Waals surface area contributed by atoms with Gasteiger partial charge in [0.2, 0.25) is 0 Å². The summed E-state index contributed by atoms with van der Waals surface area (Å²) in [4.78, 5) is 0. The fraction of sp³-hybridized carbons (Fsp3) is 1.00. The second-order valence-electron chi connectivity index (χ2n) is 14.5. The molecule has 0 aromatic carbocycles. The van der Waals surface area contributed by atoms with Gasteiger partial charge in [-0.2, -0.15) is 0 Å². The van der Waals surface area contributed by atoms with Crippen molar-refractivity contribution in [2.45, 2.75) is 83.1 Å². The molecule has 9 heterocycles. The molecule has 6 bridgehead atoms. The summed E-state index contributed by atoms with van der Waals surface area (Å²) in [7, 11) is -7.24. The fourth-order valence-electron chi connectivity index (χ4n) is 6.45. The van der Waals surface area contributed by atoms with E-state index in [0.29, 0.717) is 35.5 Å². The summed E-state index contributed by atoms with van der Waals surface area (Å²) in [5, 5.41) is 0. The minimum absolute atomic E-state index is 0.611. The Kier molecular flexibility index (Phi) is 10.7. The van der Waals surface area contributed by atoms with Gasteiger partial charge in [-0.25, -0.2) is 0 Å². The van der Waals surface area contributed by atoms with E-state index in [9.17, 15) is 0 Å². The van der Waals surface area contributed by atoms with Crippen molar-refractivity contribution in [3.05, 3.63) is 0 Å². The van der Waals surface area contributed by atoms with E-state index in [2.05, 4.69) is 83.1 Å². The predicted molar refractivity (Wildman–Crippen MR) is 166 cm³/mol. The Bertz CT molecular complexity index is 707. The van der Waals surface area contributed by atoms with Crippen LogP contribution in [-0.2, 0) is 25.2 Å². The van der Waals surface area contributed by atoms with Gasteiger partial charge in [0, 0.05) is 0 Å². The molecule has 39 heavy (non-hydrogen) atoms. The quantitative estimate of drug-likeness (QED) is 0.143. The zero-order valence-corrected chi connectivity index (χ0v) is 36.4. The van der Waals surface area contributed by atoms with Crippen LogP contribution in [-0.4, -0.2) is 101 Å². The zero-order valence-electron chi connectivity index (χ0n) is 26.1. The van der Waals surface area contributed by atoms with Crippen molar-refractivity contribution in [2.75, 3.05) is 37.0 Å². The molecule has 0 unspecified atom stereocenters. The first kappa shape index (κ1) is 35.2. The molecule has 15 heteroatoms. The van der Waals surface area contributed by atoms with E-state index in [1.165, 1.54) is 0 Å². The molecule has 9 saturated heterocycles. The normalized spacial score (nSPS) is 32.0. The van der Waals surface area contributed by atoms with Gasteiger partial charge in [0.15, 0.2) is 0 Å². The van der Waals surface area contributed by atoms with Crippen LogP contribution < -0.4 is 0 Å². The van der Waals surface area contributed by atoms with Gasteiger partial charge in [-0.05, 0) is 0 Å². The Balaban J connectivity index is 0.000000136. The van der Waals surface area contributed by atoms with E-state index >= 15 is 0 Å². The van der Waals surface area contributed by atoms with Gasteiger partial charge in [-0.3, -0.25) is 0 Å². The average Bonchev–Trinajstić information content (AvgIpc) is 2.58. The molecule has 0 atom stereocenters. The average molecular weight is 945 g/mol. The van der Waals surface area contributed by atoms with E-state index in [4.69, 9.17) is 25.2 Å². The van der Waals surface area contributed by atoms with Gasteiger partial charge < -0.3 is 0 Å². The summed E-state index contributed by atoms with van der Waals surface area (Å²) in [6, 6.07) is 0. The summed E-state index contributed by atoms with van der Waals surface area (Å²) >= 11 is -5.72. The van der Waals surface area contributed by atoms with Gasteiger partial charge in [0.1, 0.15) is 0 Å². The molecule has 0 saturated carbocycles. The fourth-order valence-corrected chi connectivity index (χ4v) is 53.5. The van der Waals surface area contributed by atoms with Gasteiger partial charge in [0.25, 0.3) is 0 Å². The van der Waals surface area contributed by atoms with Crippen molar-refractivity contribution >= 4 is 86.3 Å². The predicted octanol–water partition coefficient (Wildman–Crippen LogP) is 7.98. The number of hydrogen-bond donors (Lipinski definition) is 0. The molecule has 9 fully saturated rings. The standard InChI is InChI=1S/3C8H18O3P.3Sb/c3*1-7(2)5-12(9,10,11)6-8(3)4;;;/h3*7-8H,5-6H2,1-4H3;;;/q3*-3;3*+3. The topological polar surface area (TPSA) is 83.1 Å². The van der Waals surface area contributed by atoms with Crippen LogP contribution in [0.15, 0.2) is 0 Å². The molecule has 0 radical (unpaired) electrons. The third-order valence-electron chi connectivity index (χ3n) is 6.55. The van der Waals surface area contributed by atoms with Crippen LogP contribution in [0.25, 0.3) is 0 Å². The third-order valence-corrected chi connectivity index (χ3v) is 58.0. The van der Waals surface area contributed by atoms with E-state index in [0.717, 1.165) is 37.0 Å². The monoisotopic (exact) mass is 942 g/mol. The second-order valence-corrected chi connectivity index (χ2v) is 41.9. The Labute approximate surface area is 264 Å². The molecular weight excluding hydrogens is 890 g/mol. The Morgan fingerprint density at radius 1 is 0.308 bits per heavy atom. The van der Waals surface area contributed by atoms with Crippen LogP contribution in [0, 0.1) is 35.5 Å². The summed E-state index contributed by atoms with van der Waals surface area (Å²) in [5.74, 6) is 3.66. The first-order valence-corrected chi connectivity index (χ1v) is 31.0. The van der Waals surface area contributed by atoms with Gasteiger partial charge >= 0.3 is 267 Å². The molecule has 234 valence electrons. The van der Waals surface area contributed by atoms with Gasteiger partial charge in [-0.1, -0.05) is 0 Å². The van der Waals surface area contributed by atoms with Crippen LogP contribution in [0.1, 0.15) is 83.1 Å². The Morgan fingerprint density at radius 2 is 0.436 bits per heavy atom. The van der Waals surface area contributed by atoms with Crippen LogP contribution in [0.5, 0.6) is 0 Å². The molecule has 0 aromatic heterocycles. The summed E-state index contributed by atoms with van der Waals surface area (Å²) < 4.78 is 53.0. The molecule has 9 aliphatic heterocycles. The Hall–Kier alpha value is 3.38. The van der Waals surface area contributed by atoms with E-state index in [-0.39, 0.29) is 0 Å². The van der Waals surface area contributed by atoms with Crippen LogP contribution >= 0.6 is 21.9 Å². The van der Waals surface area contributed by atoms with Gasteiger partial charge in [-0.15, -0.1) is 0 Å². The van der Waals surface area contributed by atoms with E-state index in [1.807, 2.05) is 0 Å². The molecule has 0 amide bonds. The first-order valence-electron chi connectivity index (χ1n) is 14.6. The summed E-state index contributed by atoms with van der Waals surface area (Å²) in [6.45, 7) is 26.5. The maximum atomic E-state index is 5.89. The van der Waals surface area contributed by atoms with Gasteiger partial charge in [0.05, 0.1) is 0 Å². The number of hydrogen-bond acceptors (Lipinski definition) is 9. The van der Waals surface area contributed by atoms with Crippen molar-refractivity contribution in [3.63, 3.8) is 0 Å². The molecule has 9 rings (SSSR count). The molecule has 9 nitrogen and oxygen atoms in total. The first-order chi connectivity index (χ1) is 17.8. The van der Waals surface area contributed by atoms with Crippen LogP contribution in [0.2, 0.25) is 0 Å². The SMILES string of the molecule is CC(C)CP12(CC(C)C)[O][Sb]([O]1)[O]2.CC(C)CP12(CC(C)C)[O][Sb]([O]1)[O]2.CC(C)CP12(CC(C)C)[O][Sb]([O]1)[O]2. The zero-order chi connectivity index (χ0) is 29.1. The third kappa shape index (κ3) is 7.36. The maximum absolute atomic E-state index is 5.89. The second kappa shape index (κ2) is 11.9. The van der Waals surface area contributed by atoms with Crippen molar-refractivity contribution in [1.82, 2.24) is 0 Å². The van der Waals surface area contributed by atoms with Crippen LogP contribution in [0.4, 0.5) is 0 Å². The molecule has 0 N–H and O–H groups in total. The molecule has 0 aromatic rings. The molecule has 0 aliphatic carbocycles. The summed E-state index contributed by atoms with van der Waals surface area (Å²) in [6.07, 6.45) is 6.03. The van der Waals surface area contributed by atoms with Crippen molar-refractivity contribution < 1.29 is 25.2 Å². The Morgan fingerprint density at radius 3 is 0.487 bits per heavy atom. The molecular formula is C24H54O9P3Sb3. The molecule has 0 spiro atoms. The summed E-state index contributed by atoms with van der Waals surface area (Å²) in [5.41, 5.74) is 0. The van der Waals surface area contributed by atoms with Crippen molar-refractivity contribution in [2.24, 2.45) is 35.5 Å².